The molecule has 106 valence electrons. The molecule has 0 amide bonds. The molecular formula is C14H12BrF2IN2. The van der Waals surface area contributed by atoms with Crippen molar-refractivity contribution < 1.29 is 8.78 Å². The van der Waals surface area contributed by atoms with Crippen LogP contribution in [0.1, 0.15) is 22.7 Å². The van der Waals surface area contributed by atoms with E-state index in [1.165, 1.54) is 12.1 Å². The number of nitrogens with one attached hydrogen (secondary N) is 1. The van der Waals surface area contributed by atoms with E-state index < -0.39 is 17.7 Å². The molecule has 0 saturated heterocycles. The highest BCUT2D eigenvalue weighted by molar-refractivity contribution is 14.1. The summed E-state index contributed by atoms with van der Waals surface area (Å²) >= 11 is 5.47. The third-order valence-electron chi connectivity index (χ3n) is 3.04. The van der Waals surface area contributed by atoms with Crippen molar-refractivity contribution in [2.24, 2.45) is 5.84 Å². The van der Waals surface area contributed by atoms with Gasteiger partial charge < -0.3 is 0 Å². The van der Waals surface area contributed by atoms with Gasteiger partial charge in [-0.1, -0.05) is 22.0 Å². The van der Waals surface area contributed by atoms with E-state index in [1.807, 2.05) is 12.1 Å². The van der Waals surface area contributed by atoms with Crippen LogP contribution in [-0.2, 0) is 0 Å². The molecule has 0 radical (unpaired) electrons. The molecule has 2 nitrogen and oxygen atoms in total. The summed E-state index contributed by atoms with van der Waals surface area (Å²) in [7, 11) is 0. The summed E-state index contributed by atoms with van der Waals surface area (Å²) < 4.78 is 30.0. The van der Waals surface area contributed by atoms with E-state index >= 15 is 0 Å². The van der Waals surface area contributed by atoms with Gasteiger partial charge in [-0.15, -0.1) is 0 Å². The fraction of sp³-hybridized carbons (Fsp3) is 0.143. The molecule has 0 spiro atoms. The molecule has 0 aliphatic rings. The van der Waals surface area contributed by atoms with Crippen LogP contribution in [0.4, 0.5) is 8.78 Å². The topological polar surface area (TPSA) is 38.0 Å². The highest BCUT2D eigenvalue weighted by Gasteiger charge is 2.24. The van der Waals surface area contributed by atoms with Crippen LogP contribution in [0.15, 0.2) is 34.8 Å². The molecule has 0 aromatic heterocycles. The minimum absolute atomic E-state index is 0.0662. The van der Waals surface area contributed by atoms with Crippen LogP contribution in [0, 0.1) is 22.1 Å². The first-order valence-electron chi connectivity index (χ1n) is 5.81. The van der Waals surface area contributed by atoms with E-state index in [1.54, 1.807) is 13.0 Å². The van der Waals surface area contributed by atoms with Crippen molar-refractivity contribution in [3.63, 3.8) is 0 Å². The Morgan fingerprint density at radius 3 is 2.60 bits per heavy atom. The summed E-state index contributed by atoms with van der Waals surface area (Å²) in [6.45, 7) is 1.59. The van der Waals surface area contributed by atoms with Crippen LogP contribution in [0.5, 0.6) is 0 Å². The molecule has 0 aliphatic carbocycles. The Morgan fingerprint density at radius 2 is 1.95 bits per heavy atom. The number of hydrogen-bond acceptors (Lipinski definition) is 2. The van der Waals surface area contributed by atoms with Gasteiger partial charge in [0.1, 0.15) is 11.6 Å². The molecule has 1 unspecified atom stereocenters. The summed E-state index contributed by atoms with van der Waals surface area (Å²) in [4.78, 5) is 0. The number of hydrogen-bond donors (Lipinski definition) is 2. The van der Waals surface area contributed by atoms with Gasteiger partial charge in [-0.3, -0.25) is 5.84 Å². The lowest BCUT2D eigenvalue weighted by Crippen LogP contribution is -2.31. The Hall–Kier alpha value is -0.570. The average molecular weight is 453 g/mol. The number of benzene rings is 2. The normalized spacial score (nSPS) is 12.5. The summed E-state index contributed by atoms with van der Waals surface area (Å²) in [5, 5.41) is 0. The Bertz CT molecular complexity index is 649. The monoisotopic (exact) mass is 452 g/mol. The summed E-state index contributed by atoms with van der Waals surface area (Å²) in [5.74, 6) is 4.34. The minimum Gasteiger partial charge on any atom is -0.271 e. The first kappa shape index (κ1) is 15.8. The van der Waals surface area contributed by atoms with Crippen LogP contribution in [-0.4, -0.2) is 0 Å². The summed E-state index contributed by atoms with van der Waals surface area (Å²) in [6.07, 6.45) is 0. The Labute approximate surface area is 138 Å². The minimum atomic E-state index is -0.751. The lowest BCUT2D eigenvalue weighted by atomic mass is 9.96. The molecule has 1 atom stereocenters. The first-order chi connectivity index (χ1) is 9.45. The van der Waals surface area contributed by atoms with Crippen LogP contribution in [0.3, 0.4) is 0 Å². The van der Waals surface area contributed by atoms with Crippen molar-refractivity contribution in [2.45, 2.75) is 13.0 Å². The van der Waals surface area contributed by atoms with E-state index in [0.717, 1.165) is 8.04 Å². The van der Waals surface area contributed by atoms with Crippen molar-refractivity contribution in [3.05, 3.63) is 66.7 Å². The smallest absolute Gasteiger partial charge is 0.134 e. The molecule has 6 heteroatoms. The molecule has 0 fully saturated rings. The van der Waals surface area contributed by atoms with E-state index in [-0.39, 0.29) is 5.56 Å². The van der Waals surface area contributed by atoms with Gasteiger partial charge in [0.25, 0.3) is 0 Å². The molecule has 2 aromatic rings. The van der Waals surface area contributed by atoms with Crippen molar-refractivity contribution in [3.8, 4) is 0 Å². The van der Waals surface area contributed by atoms with E-state index in [2.05, 4.69) is 43.9 Å². The second kappa shape index (κ2) is 6.46. The predicted molar refractivity (Wildman–Crippen MR) is 87.1 cm³/mol. The second-order valence-electron chi connectivity index (χ2n) is 4.36. The third-order valence-corrected chi connectivity index (χ3v) is 4.52. The van der Waals surface area contributed by atoms with E-state index in [4.69, 9.17) is 5.84 Å². The molecule has 3 N–H and O–H groups in total. The third kappa shape index (κ3) is 3.03. The van der Waals surface area contributed by atoms with Gasteiger partial charge in [0, 0.05) is 13.6 Å². The lowest BCUT2D eigenvalue weighted by molar-refractivity contribution is 0.506. The van der Waals surface area contributed by atoms with Gasteiger partial charge in [-0.2, -0.15) is 0 Å². The summed E-state index contributed by atoms with van der Waals surface area (Å²) in [6, 6.07) is 7.43. The quantitative estimate of drug-likeness (QED) is 0.416. The van der Waals surface area contributed by atoms with E-state index in [9.17, 15) is 8.78 Å². The Balaban J connectivity index is 2.64. The van der Waals surface area contributed by atoms with Gasteiger partial charge in [-0.25, -0.2) is 14.2 Å². The highest BCUT2D eigenvalue weighted by Crippen LogP contribution is 2.32. The maximum absolute atomic E-state index is 14.3. The fourth-order valence-electron chi connectivity index (χ4n) is 2.01. The van der Waals surface area contributed by atoms with Gasteiger partial charge in [-0.05, 0) is 64.9 Å². The van der Waals surface area contributed by atoms with Crippen molar-refractivity contribution in [2.75, 3.05) is 0 Å². The molecule has 20 heavy (non-hydrogen) atoms. The highest BCUT2D eigenvalue weighted by atomic mass is 127. The maximum atomic E-state index is 14.3. The van der Waals surface area contributed by atoms with Gasteiger partial charge >= 0.3 is 0 Å². The maximum Gasteiger partial charge on any atom is 0.134 e. The van der Waals surface area contributed by atoms with Crippen LogP contribution < -0.4 is 11.3 Å². The Morgan fingerprint density at radius 1 is 1.25 bits per heavy atom. The average Bonchev–Trinajstić information content (AvgIpc) is 2.42. The van der Waals surface area contributed by atoms with Crippen LogP contribution >= 0.6 is 38.5 Å². The van der Waals surface area contributed by atoms with Crippen molar-refractivity contribution in [1.29, 1.82) is 0 Å². The molecule has 0 bridgehead atoms. The number of rotatable bonds is 3. The zero-order valence-corrected chi connectivity index (χ0v) is 14.3. The predicted octanol–water partition coefficient (Wildman–Crippen LogP) is 4.19. The zero-order valence-electron chi connectivity index (χ0n) is 10.6. The lowest BCUT2D eigenvalue weighted by Gasteiger charge is -2.20. The van der Waals surface area contributed by atoms with Crippen molar-refractivity contribution >= 4 is 38.5 Å². The van der Waals surface area contributed by atoms with Gasteiger partial charge in [0.2, 0.25) is 0 Å². The molecular weight excluding hydrogens is 441 g/mol. The van der Waals surface area contributed by atoms with Crippen LogP contribution in [0.2, 0.25) is 0 Å². The van der Waals surface area contributed by atoms with Crippen molar-refractivity contribution in [1.82, 2.24) is 5.43 Å². The number of aryl methyl sites for hydroxylation is 1. The SMILES string of the molecule is Cc1ccc(F)c(C(NN)c2cc(Br)ccc2I)c1F. The molecule has 2 rings (SSSR count). The number of halogens is 4. The molecule has 0 saturated carbocycles. The molecule has 0 aliphatic heterocycles. The van der Waals surface area contributed by atoms with Crippen LogP contribution in [0.25, 0.3) is 0 Å². The number of hydrazine groups is 1. The van der Waals surface area contributed by atoms with Gasteiger partial charge in [0.15, 0.2) is 0 Å². The summed E-state index contributed by atoms with van der Waals surface area (Å²) in [5.41, 5.74) is 3.53. The Kier molecular flexibility index (Phi) is 5.11. The number of nitrogens with two attached hydrogens (primary N) is 1. The second-order valence-corrected chi connectivity index (χ2v) is 6.44. The first-order valence-corrected chi connectivity index (χ1v) is 7.68. The molecule has 2 aromatic carbocycles. The van der Waals surface area contributed by atoms with E-state index in [0.29, 0.717) is 11.1 Å². The fourth-order valence-corrected chi connectivity index (χ4v) is 3.03. The zero-order chi connectivity index (χ0) is 14.9. The largest absolute Gasteiger partial charge is 0.271 e. The molecule has 0 heterocycles. The standard InChI is InChI=1S/C14H12BrF2IN2/c1-7-2-4-10(16)12(13(7)17)14(20-19)9-6-8(15)3-5-11(9)18/h2-6,14,20H,19H2,1H3. The van der Waals surface area contributed by atoms with Gasteiger partial charge in [0.05, 0.1) is 6.04 Å².